The molecule has 82 valence electrons. The Morgan fingerprint density at radius 2 is 2.25 bits per heavy atom. The van der Waals surface area contributed by atoms with Gasteiger partial charge in [-0.05, 0) is 34.7 Å². The Kier molecular flexibility index (Phi) is 3.04. The molecule has 2 aromatic heterocycles. The van der Waals surface area contributed by atoms with Gasteiger partial charge in [-0.1, -0.05) is 0 Å². The monoisotopic (exact) mass is 330 g/mol. The Bertz CT molecular complexity index is 557. The van der Waals surface area contributed by atoms with Crippen molar-refractivity contribution in [3.05, 3.63) is 44.3 Å². The van der Waals surface area contributed by atoms with E-state index in [1.807, 2.05) is 6.07 Å². The molecule has 7 heteroatoms. The minimum absolute atomic E-state index is 0.172. The number of rotatable bonds is 2. The van der Waals surface area contributed by atoms with E-state index in [4.69, 9.17) is 0 Å². The number of hydrogen-bond donors (Lipinski definition) is 3. The molecule has 1 amide bonds. The Balaban J connectivity index is 2.13. The fraction of sp³-hybridized carbons (Fsp3) is 0. The molecule has 16 heavy (non-hydrogen) atoms. The van der Waals surface area contributed by atoms with Crippen LogP contribution in [0.4, 0.5) is 5.82 Å². The summed E-state index contributed by atoms with van der Waals surface area (Å²) in [6, 6.07) is 3.51. The number of pyridine rings is 1. The molecule has 2 heterocycles. The van der Waals surface area contributed by atoms with Crippen LogP contribution in [-0.4, -0.2) is 20.9 Å². The van der Waals surface area contributed by atoms with E-state index in [-0.39, 0.29) is 5.69 Å². The number of halogens is 1. The van der Waals surface area contributed by atoms with Gasteiger partial charge >= 0.3 is 5.69 Å². The maximum Gasteiger partial charge on any atom is 0.323 e. The molecule has 2 rings (SSSR count). The van der Waals surface area contributed by atoms with E-state index < -0.39 is 11.6 Å². The lowest BCUT2D eigenvalue weighted by molar-refractivity contribution is 0.102. The molecule has 0 unspecified atom stereocenters. The van der Waals surface area contributed by atoms with Crippen LogP contribution in [0, 0.1) is 3.57 Å². The van der Waals surface area contributed by atoms with E-state index >= 15 is 0 Å². The molecule has 0 spiro atoms. The summed E-state index contributed by atoms with van der Waals surface area (Å²) >= 11 is 2.12. The van der Waals surface area contributed by atoms with E-state index in [1.165, 1.54) is 6.20 Å². The maximum atomic E-state index is 11.6. The lowest BCUT2D eigenvalue weighted by atomic mass is 10.4. The largest absolute Gasteiger partial charge is 0.323 e. The average Bonchev–Trinajstić information content (AvgIpc) is 2.68. The number of carbonyl (C=O) groups excluding carboxylic acids is 1. The number of amides is 1. The second kappa shape index (κ2) is 4.47. The van der Waals surface area contributed by atoms with Crippen molar-refractivity contribution in [2.45, 2.75) is 0 Å². The lowest BCUT2D eigenvalue weighted by Gasteiger charge is -2.01. The molecule has 0 aromatic carbocycles. The zero-order chi connectivity index (χ0) is 11.5. The van der Waals surface area contributed by atoms with Gasteiger partial charge in [0.25, 0.3) is 5.91 Å². The van der Waals surface area contributed by atoms with Gasteiger partial charge in [-0.15, -0.1) is 0 Å². The summed E-state index contributed by atoms with van der Waals surface area (Å²) in [7, 11) is 0. The third-order valence-corrected chi connectivity index (χ3v) is 2.45. The Morgan fingerprint density at radius 3 is 2.81 bits per heavy atom. The van der Waals surface area contributed by atoms with Crippen LogP contribution in [0.1, 0.15) is 10.5 Å². The molecular weight excluding hydrogens is 323 g/mol. The van der Waals surface area contributed by atoms with Crippen LogP contribution in [-0.2, 0) is 0 Å². The quantitative estimate of drug-likeness (QED) is 0.716. The van der Waals surface area contributed by atoms with Gasteiger partial charge in [0.1, 0.15) is 11.5 Å². The third kappa shape index (κ3) is 2.48. The third-order valence-electron chi connectivity index (χ3n) is 1.81. The van der Waals surface area contributed by atoms with Crippen LogP contribution in [0.2, 0.25) is 0 Å². The summed E-state index contributed by atoms with van der Waals surface area (Å²) in [5, 5.41) is 2.56. The topological polar surface area (TPSA) is 90.6 Å². The van der Waals surface area contributed by atoms with Gasteiger partial charge in [-0.3, -0.25) is 4.79 Å². The standard InChI is InChI=1S/C9H7IN4O2/c10-5-1-2-7(11-3-5)14-8(15)6-4-12-9(16)13-6/h1-4H,(H,11,14,15)(H2,12,13,16). The average molecular weight is 330 g/mol. The van der Waals surface area contributed by atoms with E-state index in [0.29, 0.717) is 5.82 Å². The van der Waals surface area contributed by atoms with Gasteiger partial charge in [0.2, 0.25) is 0 Å². The molecule has 0 bridgehead atoms. The van der Waals surface area contributed by atoms with Crippen molar-refractivity contribution in [1.82, 2.24) is 15.0 Å². The maximum absolute atomic E-state index is 11.6. The van der Waals surface area contributed by atoms with Gasteiger partial charge in [0.15, 0.2) is 0 Å². The molecule has 0 radical (unpaired) electrons. The zero-order valence-corrected chi connectivity index (χ0v) is 10.1. The first-order chi connectivity index (χ1) is 7.65. The Labute approximate surface area is 104 Å². The number of imidazole rings is 1. The van der Waals surface area contributed by atoms with Gasteiger partial charge in [-0.2, -0.15) is 0 Å². The van der Waals surface area contributed by atoms with Crippen LogP contribution in [0.25, 0.3) is 0 Å². The minimum Gasteiger partial charge on any atom is -0.312 e. The molecule has 0 saturated carbocycles. The fourth-order valence-corrected chi connectivity index (χ4v) is 1.41. The van der Waals surface area contributed by atoms with Crippen molar-refractivity contribution < 1.29 is 4.79 Å². The van der Waals surface area contributed by atoms with Gasteiger partial charge in [0, 0.05) is 16.0 Å². The number of carbonyl (C=O) groups is 1. The van der Waals surface area contributed by atoms with Crippen molar-refractivity contribution in [3.8, 4) is 0 Å². The van der Waals surface area contributed by atoms with Crippen LogP contribution in [0.3, 0.4) is 0 Å². The first-order valence-corrected chi connectivity index (χ1v) is 5.43. The summed E-state index contributed by atoms with van der Waals surface area (Å²) in [5.74, 6) is 0.0273. The summed E-state index contributed by atoms with van der Waals surface area (Å²) in [6.07, 6.45) is 2.94. The number of H-pyrrole nitrogens is 2. The second-order valence-corrected chi connectivity index (χ2v) is 4.22. The smallest absolute Gasteiger partial charge is 0.312 e. The highest BCUT2D eigenvalue weighted by Gasteiger charge is 2.08. The molecular formula is C9H7IN4O2. The fourth-order valence-electron chi connectivity index (χ4n) is 1.09. The molecule has 0 atom stereocenters. The summed E-state index contributed by atoms with van der Waals surface area (Å²) in [5.41, 5.74) is -0.244. The van der Waals surface area contributed by atoms with Crippen molar-refractivity contribution in [1.29, 1.82) is 0 Å². The van der Waals surface area contributed by atoms with Crippen molar-refractivity contribution in [2.75, 3.05) is 5.32 Å². The first kappa shape index (κ1) is 10.9. The molecule has 2 aromatic rings. The predicted molar refractivity (Wildman–Crippen MR) is 66.3 cm³/mol. The van der Waals surface area contributed by atoms with Gasteiger partial charge < -0.3 is 15.3 Å². The number of nitrogens with one attached hydrogen (secondary N) is 3. The lowest BCUT2D eigenvalue weighted by Crippen LogP contribution is -2.14. The van der Waals surface area contributed by atoms with E-state index in [1.54, 1.807) is 12.3 Å². The molecule has 0 fully saturated rings. The van der Waals surface area contributed by atoms with E-state index in [0.717, 1.165) is 3.57 Å². The summed E-state index contributed by atoms with van der Waals surface area (Å²) in [4.78, 5) is 31.1. The summed E-state index contributed by atoms with van der Waals surface area (Å²) < 4.78 is 0.977. The number of aromatic amines is 2. The SMILES string of the molecule is O=C(Nc1ccc(I)cn1)c1c[nH]c(=O)[nH]1. The van der Waals surface area contributed by atoms with Crippen molar-refractivity contribution >= 4 is 34.3 Å². The minimum atomic E-state index is -0.416. The number of hydrogen-bond acceptors (Lipinski definition) is 3. The molecule has 0 aliphatic rings. The van der Waals surface area contributed by atoms with Crippen LogP contribution < -0.4 is 11.0 Å². The normalized spacial score (nSPS) is 10.1. The zero-order valence-electron chi connectivity index (χ0n) is 7.95. The number of nitrogens with zero attached hydrogens (tertiary/aromatic N) is 1. The summed E-state index contributed by atoms with van der Waals surface area (Å²) in [6.45, 7) is 0. The van der Waals surface area contributed by atoms with E-state index in [2.05, 4.69) is 42.9 Å². The van der Waals surface area contributed by atoms with Crippen molar-refractivity contribution in [2.24, 2.45) is 0 Å². The van der Waals surface area contributed by atoms with Crippen LogP contribution >= 0.6 is 22.6 Å². The Hall–Kier alpha value is -1.64. The highest BCUT2D eigenvalue weighted by atomic mass is 127. The van der Waals surface area contributed by atoms with Gasteiger partial charge in [-0.25, -0.2) is 9.78 Å². The molecule has 0 saturated heterocycles. The highest BCUT2D eigenvalue weighted by Crippen LogP contribution is 2.07. The highest BCUT2D eigenvalue weighted by molar-refractivity contribution is 14.1. The van der Waals surface area contributed by atoms with Gasteiger partial charge in [0.05, 0.1) is 0 Å². The second-order valence-electron chi connectivity index (χ2n) is 2.97. The number of anilines is 1. The Morgan fingerprint density at radius 1 is 1.44 bits per heavy atom. The molecule has 6 nitrogen and oxygen atoms in total. The van der Waals surface area contributed by atoms with Crippen molar-refractivity contribution in [3.63, 3.8) is 0 Å². The molecule has 0 aliphatic heterocycles. The molecule has 0 aliphatic carbocycles. The number of aromatic nitrogens is 3. The van der Waals surface area contributed by atoms with E-state index in [9.17, 15) is 9.59 Å². The van der Waals surface area contributed by atoms with Crippen LogP contribution in [0.5, 0.6) is 0 Å². The van der Waals surface area contributed by atoms with Crippen LogP contribution in [0.15, 0.2) is 29.3 Å². The molecule has 3 N–H and O–H groups in total. The predicted octanol–water partition coefficient (Wildman–Crippen LogP) is 0.955. The first-order valence-electron chi connectivity index (χ1n) is 4.36.